The molecule has 2 aromatic heterocycles. The van der Waals surface area contributed by atoms with Crippen LogP contribution in [0, 0.1) is 13.8 Å². The Bertz CT molecular complexity index is 822. The number of rotatable bonds is 5. The predicted molar refractivity (Wildman–Crippen MR) is 94.1 cm³/mol. The van der Waals surface area contributed by atoms with Gasteiger partial charge in [-0.3, -0.25) is 4.68 Å². The first kappa shape index (κ1) is 15.6. The molecule has 0 aliphatic rings. The van der Waals surface area contributed by atoms with Crippen LogP contribution in [0.3, 0.4) is 0 Å². The first-order chi connectivity index (χ1) is 11.1. The highest BCUT2D eigenvalue weighted by Gasteiger charge is 2.10. The number of anilines is 1. The number of benzene rings is 1. The van der Waals surface area contributed by atoms with E-state index >= 15 is 0 Å². The number of aromatic nitrogens is 3. The highest BCUT2D eigenvalue weighted by Crippen LogP contribution is 2.26. The first-order valence-corrected chi connectivity index (χ1v) is 8.29. The molecule has 3 aromatic rings. The molecule has 120 valence electrons. The second kappa shape index (κ2) is 6.42. The molecule has 0 aliphatic carbocycles. The molecule has 1 aromatic carbocycles. The maximum Gasteiger partial charge on any atom is 0.119 e. The third-order valence-corrected chi connectivity index (χ3v) is 4.69. The van der Waals surface area contributed by atoms with Crippen LogP contribution in [-0.2, 0) is 13.6 Å². The zero-order valence-corrected chi connectivity index (χ0v) is 14.6. The van der Waals surface area contributed by atoms with Crippen LogP contribution in [0.15, 0.2) is 29.6 Å². The Morgan fingerprint density at radius 3 is 2.83 bits per heavy atom. The maximum atomic E-state index is 5.27. The molecule has 0 amide bonds. The minimum absolute atomic E-state index is 0.696. The number of nitrogens with one attached hydrogen (secondary N) is 1. The van der Waals surface area contributed by atoms with Crippen LogP contribution < -0.4 is 10.1 Å². The molecule has 6 heteroatoms. The molecule has 0 bridgehead atoms. The summed E-state index contributed by atoms with van der Waals surface area (Å²) in [5.41, 5.74) is 5.28. The van der Waals surface area contributed by atoms with Gasteiger partial charge in [-0.05, 0) is 26.0 Å². The van der Waals surface area contributed by atoms with Crippen LogP contribution in [0.2, 0.25) is 0 Å². The average molecular weight is 328 g/mol. The largest absolute Gasteiger partial charge is 0.497 e. The predicted octanol–water partition coefficient (Wildman–Crippen LogP) is 3.78. The summed E-state index contributed by atoms with van der Waals surface area (Å²) in [6, 6.07) is 7.96. The zero-order chi connectivity index (χ0) is 16.4. The number of methoxy groups -OCH3 is 1. The van der Waals surface area contributed by atoms with Gasteiger partial charge in [0.15, 0.2) is 0 Å². The standard InChI is InChI=1S/C17H20N4OS/c1-11-17(12(2)21(3)20-11)18-9-16-19-15(10-23-16)13-6-5-7-14(8-13)22-4/h5-8,10,18H,9H2,1-4H3. The quantitative estimate of drug-likeness (QED) is 0.774. The van der Waals surface area contributed by atoms with Crippen molar-refractivity contribution in [3.8, 4) is 17.0 Å². The van der Waals surface area contributed by atoms with Gasteiger partial charge >= 0.3 is 0 Å². The van der Waals surface area contributed by atoms with E-state index < -0.39 is 0 Å². The fraction of sp³-hybridized carbons (Fsp3) is 0.294. The topological polar surface area (TPSA) is 52.0 Å². The van der Waals surface area contributed by atoms with Crippen LogP contribution in [0.4, 0.5) is 5.69 Å². The summed E-state index contributed by atoms with van der Waals surface area (Å²) in [4.78, 5) is 4.71. The van der Waals surface area contributed by atoms with Crippen molar-refractivity contribution in [2.45, 2.75) is 20.4 Å². The van der Waals surface area contributed by atoms with Crippen LogP contribution in [0.5, 0.6) is 5.75 Å². The Labute approximate surface area is 140 Å². The van der Waals surface area contributed by atoms with Crippen molar-refractivity contribution >= 4 is 17.0 Å². The molecule has 0 atom stereocenters. The minimum atomic E-state index is 0.696. The third kappa shape index (κ3) is 3.22. The Balaban J connectivity index is 1.74. The van der Waals surface area contributed by atoms with Gasteiger partial charge in [-0.1, -0.05) is 12.1 Å². The molecule has 0 saturated carbocycles. The van der Waals surface area contributed by atoms with E-state index in [1.54, 1.807) is 18.4 Å². The summed E-state index contributed by atoms with van der Waals surface area (Å²) in [6.45, 7) is 4.77. The molecule has 0 aliphatic heterocycles. The molecule has 5 nitrogen and oxygen atoms in total. The SMILES string of the molecule is COc1cccc(-c2csc(CNc3c(C)nn(C)c3C)n2)c1. The van der Waals surface area contributed by atoms with Crippen LogP contribution in [0.1, 0.15) is 16.4 Å². The first-order valence-electron chi connectivity index (χ1n) is 7.41. The summed E-state index contributed by atoms with van der Waals surface area (Å²) in [7, 11) is 3.63. The Morgan fingerprint density at radius 1 is 1.30 bits per heavy atom. The highest BCUT2D eigenvalue weighted by molar-refractivity contribution is 7.09. The summed E-state index contributed by atoms with van der Waals surface area (Å²) in [5, 5.41) is 11.0. The number of hydrogen-bond donors (Lipinski definition) is 1. The van der Waals surface area contributed by atoms with Crippen LogP contribution >= 0.6 is 11.3 Å². The van der Waals surface area contributed by atoms with Gasteiger partial charge in [-0.25, -0.2) is 4.98 Å². The lowest BCUT2D eigenvalue weighted by atomic mass is 10.2. The molecule has 3 rings (SSSR count). The summed E-state index contributed by atoms with van der Waals surface area (Å²) < 4.78 is 7.16. The molecule has 2 heterocycles. The third-order valence-electron chi connectivity index (χ3n) is 3.84. The second-order valence-corrected chi connectivity index (χ2v) is 6.32. The number of ether oxygens (including phenoxy) is 1. The van der Waals surface area contributed by atoms with E-state index in [0.29, 0.717) is 6.54 Å². The molecule has 0 spiro atoms. The van der Waals surface area contributed by atoms with E-state index in [-0.39, 0.29) is 0 Å². The smallest absolute Gasteiger partial charge is 0.119 e. The lowest BCUT2D eigenvalue weighted by Crippen LogP contribution is -2.01. The van der Waals surface area contributed by atoms with Gasteiger partial charge in [0.05, 0.1) is 36.4 Å². The molecular weight excluding hydrogens is 308 g/mol. The molecule has 0 fully saturated rings. The average Bonchev–Trinajstić information content (AvgIpc) is 3.12. The van der Waals surface area contributed by atoms with Gasteiger partial charge in [0, 0.05) is 18.0 Å². The lowest BCUT2D eigenvalue weighted by Gasteiger charge is -2.04. The van der Waals surface area contributed by atoms with Crippen LogP contribution in [0.25, 0.3) is 11.3 Å². The van der Waals surface area contributed by atoms with Gasteiger partial charge in [0.25, 0.3) is 0 Å². The molecule has 0 unspecified atom stereocenters. The summed E-state index contributed by atoms with van der Waals surface area (Å²) in [6.07, 6.45) is 0. The van der Waals surface area contributed by atoms with Gasteiger partial charge in [-0.15, -0.1) is 11.3 Å². The number of hydrogen-bond acceptors (Lipinski definition) is 5. The number of nitrogens with zero attached hydrogens (tertiary/aromatic N) is 3. The Kier molecular flexibility index (Phi) is 4.34. The van der Waals surface area contributed by atoms with E-state index in [1.807, 2.05) is 42.9 Å². The molecular formula is C17H20N4OS. The van der Waals surface area contributed by atoms with E-state index in [0.717, 1.165) is 39.1 Å². The normalized spacial score (nSPS) is 10.8. The van der Waals surface area contributed by atoms with E-state index in [4.69, 9.17) is 9.72 Å². The number of thiazole rings is 1. The van der Waals surface area contributed by atoms with Gasteiger partial charge in [-0.2, -0.15) is 5.10 Å². The molecule has 23 heavy (non-hydrogen) atoms. The van der Waals surface area contributed by atoms with Gasteiger partial charge < -0.3 is 10.1 Å². The van der Waals surface area contributed by atoms with Crippen molar-refractivity contribution in [1.82, 2.24) is 14.8 Å². The van der Waals surface area contributed by atoms with E-state index in [1.165, 1.54) is 0 Å². The molecule has 0 radical (unpaired) electrons. The van der Waals surface area contributed by atoms with Gasteiger partial charge in [0.2, 0.25) is 0 Å². The molecule has 1 N–H and O–H groups in total. The van der Waals surface area contributed by atoms with Gasteiger partial charge in [0.1, 0.15) is 10.8 Å². The molecule has 0 saturated heterocycles. The highest BCUT2D eigenvalue weighted by atomic mass is 32.1. The van der Waals surface area contributed by atoms with Crippen molar-refractivity contribution in [1.29, 1.82) is 0 Å². The van der Waals surface area contributed by atoms with E-state index in [9.17, 15) is 0 Å². The summed E-state index contributed by atoms with van der Waals surface area (Å²) in [5.74, 6) is 0.844. The lowest BCUT2D eigenvalue weighted by molar-refractivity contribution is 0.415. The Morgan fingerprint density at radius 2 is 2.13 bits per heavy atom. The second-order valence-electron chi connectivity index (χ2n) is 5.38. The number of aryl methyl sites for hydroxylation is 2. The van der Waals surface area contributed by atoms with Crippen molar-refractivity contribution in [3.63, 3.8) is 0 Å². The fourth-order valence-corrected chi connectivity index (χ4v) is 3.24. The van der Waals surface area contributed by atoms with Crippen molar-refractivity contribution in [2.24, 2.45) is 7.05 Å². The van der Waals surface area contributed by atoms with Crippen molar-refractivity contribution in [2.75, 3.05) is 12.4 Å². The zero-order valence-electron chi connectivity index (χ0n) is 13.8. The maximum absolute atomic E-state index is 5.27. The summed E-state index contributed by atoms with van der Waals surface area (Å²) >= 11 is 1.65. The fourth-order valence-electron chi connectivity index (χ4n) is 2.50. The minimum Gasteiger partial charge on any atom is -0.497 e. The van der Waals surface area contributed by atoms with Crippen molar-refractivity contribution < 1.29 is 4.74 Å². The van der Waals surface area contributed by atoms with Crippen LogP contribution in [-0.4, -0.2) is 21.9 Å². The Hall–Kier alpha value is -2.34. The van der Waals surface area contributed by atoms with Crippen molar-refractivity contribution in [3.05, 3.63) is 46.0 Å². The van der Waals surface area contributed by atoms with E-state index in [2.05, 4.69) is 22.7 Å². The monoisotopic (exact) mass is 328 g/mol.